The van der Waals surface area contributed by atoms with Crippen LogP contribution in [0.25, 0.3) is 11.3 Å². The molecule has 0 bridgehead atoms. The van der Waals surface area contributed by atoms with Crippen LogP contribution in [0.1, 0.15) is 5.56 Å². The third-order valence-electron chi connectivity index (χ3n) is 2.88. The Hall–Kier alpha value is -2.74. The van der Waals surface area contributed by atoms with E-state index in [0.717, 1.165) is 5.56 Å². The summed E-state index contributed by atoms with van der Waals surface area (Å²) in [6, 6.07) is 10.5. The van der Waals surface area contributed by atoms with Crippen LogP contribution in [-0.2, 0) is 0 Å². The van der Waals surface area contributed by atoms with Gasteiger partial charge in [-0.05, 0) is 30.3 Å². The highest BCUT2D eigenvalue weighted by atomic mass is 16.6. The quantitative estimate of drug-likeness (QED) is 0.840. The first-order valence-electron chi connectivity index (χ1n) is 5.81. The van der Waals surface area contributed by atoms with Crippen LogP contribution in [0.5, 0.6) is 11.5 Å². The second-order valence-electron chi connectivity index (χ2n) is 4.09. The zero-order valence-electron chi connectivity index (χ0n) is 9.97. The fraction of sp³-hybridized carbons (Fsp3) is 0.143. The molecule has 0 amide bonds. The predicted octanol–water partition coefficient (Wildman–Crippen LogP) is 1.68. The van der Waals surface area contributed by atoms with Gasteiger partial charge in [0, 0.05) is 11.3 Å². The number of aromatic amines is 1. The van der Waals surface area contributed by atoms with Gasteiger partial charge >= 0.3 is 0 Å². The fourth-order valence-electron chi connectivity index (χ4n) is 1.94. The Morgan fingerprint density at radius 3 is 2.63 bits per heavy atom. The van der Waals surface area contributed by atoms with Crippen molar-refractivity contribution in [3.8, 4) is 28.8 Å². The van der Waals surface area contributed by atoms with Crippen LogP contribution in [0.2, 0.25) is 0 Å². The molecule has 1 aliphatic rings. The van der Waals surface area contributed by atoms with Crippen molar-refractivity contribution in [2.24, 2.45) is 0 Å². The van der Waals surface area contributed by atoms with E-state index in [1.54, 1.807) is 12.1 Å². The molecule has 5 heteroatoms. The van der Waals surface area contributed by atoms with Crippen molar-refractivity contribution in [2.75, 3.05) is 13.2 Å². The Morgan fingerprint density at radius 2 is 1.89 bits per heavy atom. The zero-order chi connectivity index (χ0) is 13.2. The van der Waals surface area contributed by atoms with Crippen molar-refractivity contribution in [3.05, 3.63) is 46.2 Å². The first kappa shape index (κ1) is 11.4. The maximum atomic E-state index is 11.6. The van der Waals surface area contributed by atoms with Crippen molar-refractivity contribution >= 4 is 0 Å². The summed E-state index contributed by atoms with van der Waals surface area (Å²) in [6.07, 6.45) is 0. The highest BCUT2D eigenvalue weighted by Gasteiger charge is 2.12. The SMILES string of the molecule is N#Cc1ccc(-c2ccc3c(c2)OCCO3)[nH]c1=O. The number of benzene rings is 1. The van der Waals surface area contributed by atoms with Crippen molar-refractivity contribution < 1.29 is 9.47 Å². The Bertz CT molecular complexity index is 728. The number of hydrogen-bond donors (Lipinski definition) is 1. The Labute approximate surface area is 109 Å². The van der Waals surface area contributed by atoms with Gasteiger partial charge in [0.25, 0.3) is 5.56 Å². The minimum Gasteiger partial charge on any atom is -0.486 e. The van der Waals surface area contributed by atoms with Crippen molar-refractivity contribution in [2.45, 2.75) is 0 Å². The summed E-state index contributed by atoms with van der Waals surface area (Å²) in [5, 5.41) is 8.73. The topological polar surface area (TPSA) is 75.1 Å². The minimum absolute atomic E-state index is 0.0984. The molecule has 1 aromatic carbocycles. The van der Waals surface area contributed by atoms with Crippen LogP contribution in [0.15, 0.2) is 35.1 Å². The molecule has 2 heterocycles. The van der Waals surface area contributed by atoms with Crippen LogP contribution in [-0.4, -0.2) is 18.2 Å². The number of fused-ring (bicyclic) bond motifs is 1. The molecule has 0 saturated carbocycles. The molecule has 0 atom stereocenters. The minimum atomic E-state index is -0.394. The van der Waals surface area contributed by atoms with Crippen molar-refractivity contribution in [1.29, 1.82) is 5.26 Å². The molecule has 1 N–H and O–H groups in total. The predicted molar refractivity (Wildman–Crippen MR) is 68.2 cm³/mol. The first-order chi connectivity index (χ1) is 9.28. The lowest BCUT2D eigenvalue weighted by Crippen LogP contribution is -2.15. The maximum absolute atomic E-state index is 11.6. The summed E-state index contributed by atoms with van der Waals surface area (Å²) >= 11 is 0. The van der Waals surface area contributed by atoms with E-state index in [1.807, 2.05) is 18.2 Å². The molecule has 1 aromatic heterocycles. The molecule has 0 unspecified atom stereocenters. The van der Waals surface area contributed by atoms with Gasteiger partial charge in [-0.3, -0.25) is 4.79 Å². The number of pyridine rings is 1. The summed E-state index contributed by atoms with van der Waals surface area (Å²) in [5.41, 5.74) is 1.16. The van der Waals surface area contributed by atoms with E-state index in [1.165, 1.54) is 6.07 Å². The highest BCUT2D eigenvalue weighted by Crippen LogP contribution is 2.33. The molecule has 0 aliphatic carbocycles. The number of ether oxygens (including phenoxy) is 2. The molecule has 94 valence electrons. The number of nitrogens with one attached hydrogen (secondary N) is 1. The zero-order valence-corrected chi connectivity index (χ0v) is 9.97. The average molecular weight is 254 g/mol. The maximum Gasteiger partial charge on any atom is 0.266 e. The molecular weight excluding hydrogens is 244 g/mol. The molecule has 0 saturated heterocycles. The molecule has 0 radical (unpaired) electrons. The molecule has 5 nitrogen and oxygen atoms in total. The van der Waals surface area contributed by atoms with E-state index in [0.29, 0.717) is 30.4 Å². The normalized spacial score (nSPS) is 12.8. The molecular formula is C14H10N2O3. The van der Waals surface area contributed by atoms with Crippen LogP contribution >= 0.6 is 0 Å². The lowest BCUT2D eigenvalue weighted by Gasteiger charge is -2.18. The Kier molecular flexibility index (Phi) is 2.69. The Balaban J connectivity index is 2.05. The van der Waals surface area contributed by atoms with Crippen LogP contribution in [0, 0.1) is 11.3 Å². The van der Waals surface area contributed by atoms with Gasteiger partial charge in [-0.25, -0.2) is 0 Å². The van der Waals surface area contributed by atoms with Gasteiger partial charge in [-0.1, -0.05) is 0 Å². The molecule has 19 heavy (non-hydrogen) atoms. The van der Waals surface area contributed by atoms with E-state index >= 15 is 0 Å². The van der Waals surface area contributed by atoms with Crippen molar-refractivity contribution in [1.82, 2.24) is 4.98 Å². The number of rotatable bonds is 1. The van der Waals surface area contributed by atoms with Gasteiger partial charge < -0.3 is 14.5 Å². The fourth-order valence-corrected chi connectivity index (χ4v) is 1.94. The lowest BCUT2D eigenvalue weighted by molar-refractivity contribution is 0.171. The summed E-state index contributed by atoms with van der Waals surface area (Å²) in [6.45, 7) is 1.06. The number of nitriles is 1. The average Bonchev–Trinajstić information content (AvgIpc) is 2.46. The van der Waals surface area contributed by atoms with E-state index in [2.05, 4.69) is 4.98 Å². The highest BCUT2D eigenvalue weighted by molar-refractivity contribution is 5.64. The van der Waals surface area contributed by atoms with Gasteiger partial charge in [0.1, 0.15) is 24.8 Å². The third-order valence-corrected chi connectivity index (χ3v) is 2.88. The van der Waals surface area contributed by atoms with Crippen LogP contribution in [0.3, 0.4) is 0 Å². The second kappa shape index (κ2) is 4.50. The first-order valence-corrected chi connectivity index (χ1v) is 5.81. The van der Waals surface area contributed by atoms with E-state index in [-0.39, 0.29) is 5.56 Å². The largest absolute Gasteiger partial charge is 0.486 e. The van der Waals surface area contributed by atoms with Crippen LogP contribution < -0.4 is 15.0 Å². The van der Waals surface area contributed by atoms with E-state index < -0.39 is 5.56 Å². The third kappa shape index (κ3) is 2.04. The number of nitrogens with zero attached hydrogens (tertiary/aromatic N) is 1. The summed E-state index contributed by atoms with van der Waals surface area (Å²) in [7, 11) is 0. The molecule has 0 spiro atoms. The molecule has 1 aliphatic heterocycles. The van der Waals surface area contributed by atoms with Gasteiger partial charge in [-0.15, -0.1) is 0 Å². The molecule has 2 aromatic rings. The molecule has 3 rings (SSSR count). The molecule has 0 fully saturated rings. The summed E-state index contributed by atoms with van der Waals surface area (Å²) in [5.74, 6) is 1.36. The Morgan fingerprint density at radius 1 is 1.11 bits per heavy atom. The van der Waals surface area contributed by atoms with Gasteiger partial charge in [0.2, 0.25) is 0 Å². The van der Waals surface area contributed by atoms with E-state index in [9.17, 15) is 4.79 Å². The van der Waals surface area contributed by atoms with Crippen LogP contribution in [0.4, 0.5) is 0 Å². The monoisotopic (exact) mass is 254 g/mol. The summed E-state index contributed by atoms with van der Waals surface area (Å²) < 4.78 is 10.9. The van der Waals surface area contributed by atoms with E-state index in [4.69, 9.17) is 14.7 Å². The van der Waals surface area contributed by atoms with Crippen molar-refractivity contribution in [3.63, 3.8) is 0 Å². The standard InChI is InChI=1S/C14H10N2O3/c15-8-10-1-3-11(16-14(10)17)9-2-4-12-13(7-9)19-6-5-18-12/h1-4,7H,5-6H2,(H,16,17). The van der Waals surface area contributed by atoms with Gasteiger partial charge in [0.15, 0.2) is 11.5 Å². The number of H-pyrrole nitrogens is 1. The second-order valence-corrected chi connectivity index (χ2v) is 4.09. The smallest absolute Gasteiger partial charge is 0.266 e. The van der Waals surface area contributed by atoms with Gasteiger partial charge in [0.05, 0.1) is 0 Å². The summed E-state index contributed by atoms with van der Waals surface area (Å²) in [4.78, 5) is 14.3. The lowest BCUT2D eigenvalue weighted by atomic mass is 10.1. The van der Waals surface area contributed by atoms with Gasteiger partial charge in [-0.2, -0.15) is 5.26 Å². The number of aromatic nitrogens is 1. The number of hydrogen-bond acceptors (Lipinski definition) is 4.